The van der Waals surface area contributed by atoms with Crippen LogP contribution in [0.1, 0.15) is 36.3 Å². The number of aryl methyl sites for hydroxylation is 1. The Kier molecular flexibility index (Phi) is 3.28. The molecule has 0 bridgehead atoms. The van der Waals surface area contributed by atoms with Crippen molar-refractivity contribution in [2.45, 2.75) is 32.7 Å². The van der Waals surface area contributed by atoms with Crippen molar-refractivity contribution in [2.75, 3.05) is 5.32 Å². The van der Waals surface area contributed by atoms with Crippen LogP contribution in [0.4, 0.5) is 5.69 Å². The van der Waals surface area contributed by atoms with Crippen LogP contribution < -0.4 is 5.32 Å². The first-order chi connectivity index (χ1) is 9.13. The molecule has 2 aromatic rings. The molecular formula is C16H18ClNO. The Labute approximate surface area is 118 Å². The van der Waals surface area contributed by atoms with E-state index in [-0.39, 0.29) is 0 Å². The average Bonchev–Trinajstić information content (AvgIpc) is 2.91. The van der Waals surface area contributed by atoms with Gasteiger partial charge in [-0.25, -0.2) is 0 Å². The van der Waals surface area contributed by atoms with E-state index in [2.05, 4.69) is 24.4 Å². The van der Waals surface area contributed by atoms with Gasteiger partial charge in [0.25, 0.3) is 0 Å². The van der Waals surface area contributed by atoms with Crippen molar-refractivity contribution in [2.24, 2.45) is 5.92 Å². The summed E-state index contributed by atoms with van der Waals surface area (Å²) in [6.45, 7) is 4.96. The predicted molar refractivity (Wildman–Crippen MR) is 78.7 cm³/mol. The highest BCUT2D eigenvalue weighted by Crippen LogP contribution is 2.47. The minimum absolute atomic E-state index is 0.636. The van der Waals surface area contributed by atoms with Gasteiger partial charge in [-0.2, -0.15) is 0 Å². The Morgan fingerprint density at radius 2 is 2.11 bits per heavy atom. The van der Waals surface area contributed by atoms with Crippen LogP contribution in [-0.2, 0) is 6.54 Å². The Morgan fingerprint density at radius 3 is 2.79 bits per heavy atom. The molecule has 1 aliphatic carbocycles. The molecule has 1 fully saturated rings. The van der Waals surface area contributed by atoms with Crippen LogP contribution in [0.25, 0.3) is 0 Å². The van der Waals surface area contributed by atoms with Crippen molar-refractivity contribution in [1.82, 2.24) is 0 Å². The molecule has 0 amide bonds. The molecule has 2 atom stereocenters. The van der Waals surface area contributed by atoms with Gasteiger partial charge in [0.15, 0.2) is 0 Å². The molecule has 0 aliphatic heterocycles. The first-order valence-corrected chi connectivity index (χ1v) is 7.10. The SMILES string of the molecule is Cc1ccc(NCc2ccc(C3CC3C)o2)c(Cl)c1. The van der Waals surface area contributed by atoms with Crippen molar-refractivity contribution in [1.29, 1.82) is 0 Å². The molecule has 3 rings (SSSR count). The quantitative estimate of drug-likeness (QED) is 0.851. The zero-order valence-electron chi connectivity index (χ0n) is 11.2. The zero-order chi connectivity index (χ0) is 13.4. The monoisotopic (exact) mass is 275 g/mol. The zero-order valence-corrected chi connectivity index (χ0v) is 12.0. The van der Waals surface area contributed by atoms with E-state index in [1.165, 1.54) is 12.0 Å². The lowest BCUT2D eigenvalue weighted by Crippen LogP contribution is -1.98. The van der Waals surface area contributed by atoms with Crippen LogP contribution in [0.15, 0.2) is 34.7 Å². The molecule has 19 heavy (non-hydrogen) atoms. The van der Waals surface area contributed by atoms with E-state index in [1.807, 2.05) is 25.1 Å². The maximum Gasteiger partial charge on any atom is 0.123 e. The second kappa shape index (κ2) is 4.93. The number of rotatable bonds is 4. The topological polar surface area (TPSA) is 25.2 Å². The van der Waals surface area contributed by atoms with Crippen LogP contribution in [0.5, 0.6) is 0 Å². The summed E-state index contributed by atoms with van der Waals surface area (Å²) >= 11 is 6.19. The molecule has 0 radical (unpaired) electrons. The van der Waals surface area contributed by atoms with Crippen molar-refractivity contribution >= 4 is 17.3 Å². The Bertz CT molecular complexity index is 590. The van der Waals surface area contributed by atoms with Crippen LogP contribution in [0.2, 0.25) is 5.02 Å². The number of anilines is 1. The molecule has 1 aliphatic rings. The summed E-state index contributed by atoms with van der Waals surface area (Å²) in [5.74, 6) is 3.50. The van der Waals surface area contributed by atoms with Gasteiger partial charge in [0.05, 0.1) is 17.3 Å². The largest absolute Gasteiger partial charge is 0.464 e. The fourth-order valence-corrected chi connectivity index (χ4v) is 2.66. The van der Waals surface area contributed by atoms with Crippen LogP contribution in [0.3, 0.4) is 0 Å². The summed E-state index contributed by atoms with van der Waals surface area (Å²) in [5.41, 5.74) is 2.11. The normalized spacial score (nSPS) is 21.4. The highest BCUT2D eigenvalue weighted by molar-refractivity contribution is 6.33. The molecule has 0 spiro atoms. The van der Waals surface area contributed by atoms with Crippen LogP contribution in [-0.4, -0.2) is 0 Å². The van der Waals surface area contributed by atoms with Gasteiger partial charge in [0.1, 0.15) is 11.5 Å². The smallest absolute Gasteiger partial charge is 0.123 e. The molecule has 3 heteroatoms. The van der Waals surface area contributed by atoms with E-state index >= 15 is 0 Å². The average molecular weight is 276 g/mol. The van der Waals surface area contributed by atoms with E-state index in [0.29, 0.717) is 12.5 Å². The predicted octanol–water partition coefficient (Wildman–Crippen LogP) is 4.98. The lowest BCUT2D eigenvalue weighted by atomic mass is 10.2. The van der Waals surface area contributed by atoms with Gasteiger partial charge in [0, 0.05) is 5.92 Å². The first-order valence-electron chi connectivity index (χ1n) is 6.72. The minimum atomic E-state index is 0.636. The highest BCUT2D eigenvalue weighted by Gasteiger charge is 2.36. The van der Waals surface area contributed by atoms with Gasteiger partial charge in [0.2, 0.25) is 0 Å². The molecule has 1 heterocycles. The number of furan rings is 1. The highest BCUT2D eigenvalue weighted by atomic mass is 35.5. The van der Waals surface area contributed by atoms with Crippen molar-refractivity contribution in [3.05, 3.63) is 52.4 Å². The van der Waals surface area contributed by atoms with Gasteiger partial charge in [-0.05, 0) is 49.1 Å². The summed E-state index contributed by atoms with van der Waals surface area (Å²) in [4.78, 5) is 0. The van der Waals surface area contributed by atoms with Gasteiger partial charge in [-0.1, -0.05) is 24.6 Å². The summed E-state index contributed by atoms with van der Waals surface area (Å²) in [6, 6.07) is 10.2. The molecule has 0 saturated heterocycles. The Morgan fingerprint density at radius 1 is 1.32 bits per heavy atom. The number of hydrogen-bond donors (Lipinski definition) is 1. The number of nitrogens with one attached hydrogen (secondary N) is 1. The summed E-state index contributed by atoms with van der Waals surface area (Å²) < 4.78 is 5.86. The minimum Gasteiger partial charge on any atom is -0.464 e. The van der Waals surface area contributed by atoms with Crippen molar-refractivity contribution < 1.29 is 4.42 Å². The fraction of sp³-hybridized carbons (Fsp3) is 0.375. The summed E-state index contributed by atoms with van der Waals surface area (Å²) in [5, 5.41) is 4.07. The summed E-state index contributed by atoms with van der Waals surface area (Å²) in [7, 11) is 0. The molecule has 100 valence electrons. The number of benzene rings is 1. The van der Waals surface area contributed by atoms with E-state index in [9.17, 15) is 0 Å². The maximum absolute atomic E-state index is 6.19. The Hall–Kier alpha value is -1.41. The third-order valence-electron chi connectivity index (χ3n) is 3.74. The molecule has 1 aromatic heterocycles. The van der Waals surface area contributed by atoms with Crippen molar-refractivity contribution in [3.63, 3.8) is 0 Å². The summed E-state index contributed by atoms with van der Waals surface area (Å²) in [6.07, 6.45) is 1.25. The fourth-order valence-electron chi connectivity index (χ4n) is 2.35. The number of hydrogen-bond acceptors (Lipinski definition) is 2. The molecule has 1 aromatic carbocycles. The lowest BCUT2D eigenvalue weighted by Gasteiger charge is -2.07. The van der Waals surface area contributed by atoms with Crippen LogP contribution >= 0.6 is 11.6 Å². The van der Waals surface area contributed by atoms with E-state index in [4.69, 9.17) is 16.0 Å². The van der Waals surface area contributed by atoms with Gasteiger partial charge >= 0.3 is 0 Å². The molecular weight excluding hydrogens is 258 g/mol. The molecule has 1 saturated carbocycles. The van der Waals surface area contributed by atoms with E-state index in [0.717, 1.165) is 28.1 Å². The van der Waals surface area contributed by atoms with Gasteiger partial charge < -0.3 is 9.73 Å². The third-order valence-corrected chi connectivity index (χ3v) is 4.05. The lowest BCUT2D eigenvalue weighted by molar-refractivity contribution is 0.468. The molecule has 2 unspecified atom stereocenters. The van der Waals surface area contributed by atoms with E-state index in [1.54, 1.807) is 0 Å². The Balaban J connectivity index is 1.64. The molecule has 1 N–H and O–H groups in total. The standard InChI is InChI=1S/C16H18ClNO/c1-10-3-5-15(14(17)7-10)18-9-12-4-6-16(19-12)13-8-11(13)2/h3-7,11,13,18H,8-9H2,1-2H3. The second-order valence-electron chi connectivity index (χ2n) is 5.46. The maximum atomic E-state index is 6.19. The van der Waals surface area contributed by atoms with Gasteiger partial charge in [-0.3, -0.25) is 0 Å². The van der Waals surface area contributed by atoms with Gasteiger partial charge in [-0.15, -0.1) is 0 Å². The van der Waals surface area contributed by atoms with Crippen LogP contribution in [0, 0.1) is 12.8 Å². The second-order valence-corrected chi connectivity index (χ2v) is 5.87. The van der Waals surface area contributed by atoms with Crippen molar-refractivity contribution in [3.8, 4) is 0 Å². The first kappa shape index (κ1) is 12.6. The number of halogens is 1. The molecule has 2 nitrogen and oxygen atoms in total. The van der Waals surface area contributed by atoms with E-state index < -0.39 is 0 Å². The third kappa shape index (κ3) is 2.79.